The van der Waals surface area contributed by atoms with Crippen LogP contribution in [-0.4, -0.2) is 26.5 Å². The summed E-state index contributed by atoms with van der Waals surface area (Å²) >= 11 is 0. The standard InChI is InChI=1S/C14H9FN4O/c15-12-6-10(9-20)7-13(8-12)19-17-14(16-18-19)11-4-2-1-3-5-11/h1-9H. The van der Waals surface area contributed by atoms with E-state index in [0.29, 0.717) is 17.8 Å². The van der Waals surface area contributed by atoms with Crippen LogP contribution in [-0.2, 0) is 0 Å². The minimum Gasteiger partial charge on any atom is -0.298 e. The Labute approximate surface area is 113 Å². The second-order valence-electron chi connectivity index (χ2n) is 4.13. The van der Waals surface area contributed by atoms with Crippen LogP contribution in [0.5, 0.6) is 0 Å². The Morgan fingerprint density at radius 1 is 1.10 bits per heavy atom. The molecule has 0 bridgehead atoms. The number of aldehydes is 1. The molecule has 0 radical (unpaired) electrons. The Bertz CT molecular complexity index is 755. The third kappa shape index (κ3) is 2.31. The molecule has 3 aromatic rings. The van der Waals surface area contributed by atoms with E-state index < -0.39 is 5.82 Å². The monoisotopic (exact) mass is 268 g/mol. The molecule has 1 heterocycles. The molecule has 0 atom stereocenters. The number of tetrazole rings is 1. The van der Waals surface area contributed by atoms with Gasteiger partial charge < -0.3 is 0 Å². The topological polar surface area (TPSA) is 60.7 Å². The van der Waals surface area contributed by atoms with Gasteiger partial charge in [-0.3, -0.25) is 4.79 Å². The summed E-state index contributed by atoms with van der Waals surface area (Å²) in [7, 11) is 0. The van der Waals surface area contributed by atoms with Crippen molar-refractivity contribution in [3.05, 3.63) is 59.9 Å². The van der Waals surface area contributed by atoms with Crippen molar-refractivity contribution < 1.29 is 9.18 Å². The second kappa shape index (κ2) is 5.00. The molecule has 20 heavy (non-hydrogen) atoms. The Morgan fingerprint density at radius 3 is 2.65 bits per heavy atom. The highest BCUT2D eigenvalue weighted by molar-refractivity contribution is 5.75. The smallest absolute Gasteiger partial charge is 0.205 e. The normalized spacial score (nSPS) is 10.4. The number of hydrogen-bond donors (Lipinski definition) is 0. The number of aromatic nitrogens is 4. The Balaban J connectivity index is 2.02. The first-order valence-corrected chi connectivity index (χ1v) is 5.88. The minimum atomic E-state index is -0.525. The van der Waals surface area contributed by atoms with Gasteiger partial charge in [0.25, 0.3) is 0 Å². The highest BCUT2D eigenvalue weighted by Gasteiger charge is 2.08. The molecule has 2 aromatic carbocycles. The van der Waals surface area contributed by atoms with Crippen molar-refractivity contribution in [1.29, 1.82) is 0 Å². The van der Waals surface area contributed by atoms with E-state index in [0.717, 1.165) is 11.6 Å². The minimum absolute atomic E-state index is 0.221. The molecule has 0 aliphatic heterocycles. The molecule has 0 saturated carbocycles. The van der Waals surface area contributed by atoms with Crippen LogP contribution in [0.4, 0.5) is 4.39 Å². The fourth-order valence-electron chi connectivity index (χ4n) is 1.81. The fraction of sp³-hybridized carbons (Fsp3) is 0. The van der Waals surface area contributed by atoms with Crippen molar-refractivity contribution in [3.8, 4) is 17.1 Å². The predicted molar refractivity (Wildman–Crippen MR) is 69.9 cm³/mol. The van der Waals surface area contributed by atoms with Crippen LogP contribution in [0, 0.1) is 5.82 Å². The number of benzene rings is 2. The quantitative estimate of drug-likeness (QED) is 0.684. The maximum absolute atomic E-state index is 13.4. The summed E-state index contributed by atoms with van der Waals surface area (Å²) in [6, 6.07) is 13.2. The first-order valence-electron chi connectivity index (χ1n) is 5.88. The van der Waals surface area contributed by atoms with Crippen molar-refractivity contribution in [1.82, 2.24) is 20.2 Å². The Morgan fingerprint density at radius 2 is 1.90 bits per heavy atom. The number of carbonyl (C=O) groups excluding carboxylic acids is 1. The summed E-state index contributed by atoms with van der Waals surface area (Å²) in [5, 5.41) is 12.0. The van der Waals surface area contributed by atoms with Crippen LogP contribution in [0.25, 0.3) is 17.1 Å². The van der Waals surface area contributed by atoms with Gasteiger partial charge in [0, 0.05) is 17.2 Å². The molecule has 1 aromatic heterocycles. The lowest BCUT2D eigenvalue weighted by molar-refractivity contribution is 0.112. The van der Waals surface area contributed by atoms with Crippen molar-refractivity contribution in [2.75, 3.05) is 0 Å². The lowest BCUT2D eigenvalue weighted by atomic mass is 10.2. The van der Waals surface area contributed by atoms with Crippen LogP contribution >= 0.6 is 0 Å². The predicted octanol–water partition coefficient (Wildman–Crippen LogP) is 2.28. The Kier molecular flexibility index (Phi) is 3.04. The highest BCUT2D eigenvalue weighted by Crippen LogP contribution is 2.15. The van der Waals surface area contributed by atoms with Crippen LogP contribution < -0.4 is 0 Å². The average molecular weight is 268 g/mol. The molecule has 0 amide bonds. The zero-order valence-corrected chi connectivity index (χ0v) is 10.3. The molecular weight excluding hydrogens is 259 g/mol. The van der Waals surface area contributed by atoms with Crippen molar-refractivity contribution >= 4 is 6.29 Å². The van der Waals surface area contributed by atoms with Crippen LogP contribution in [0.15, 0.2) is 48.5 Å². The second-order valence-corrected chi connectivity index (χ2v) is 4.13. The van der Waals surface area contributed by atoms with E-state index in [4.69, 9.17) is 0 Å². The molecular formula is C14H9FN4O. The van der Waals surface area contributed by atoms with Gasteiger partial charge in [-0.15, -0.1) is 15.0 Å². The van der Waals surface area contributed by atoms with Crippen molar-refractivity contribution in [2.45, 2.75) is 0 Å². The summed E-state index contributed by atoms with van der Waals surface area (Å²) in [4.78, 5) is 11.9. The first kappa shape index (κ1) is 12.2. The van der Waals surface area contributed by atoms with E-state index in [-0.39, 0.29) is 5.56 Å². The van der Waals surface area contributed by atoms with E-state index >= 15 is 0 Å². The summed E-state index contributed by atoms with van der Waals surface area (Å²) < 4.78 is 13.4. The van der Waals surface area contributed by atoms with Gasteiger partial charge in [0.1, 0.15) is 12.1 Å². The van der Waals surface area contributed by atoms with Gasteiger partial charge >= 0.3 is 0 Å². The number of rotatable bonds is 3. The number of hydrogen-bond acceptors (Lipinski definition) is 4. The van der Waals surface area contributed by atoms with Gasteiger partial charge in [0.2, 0.25) is 5.82 Å². The fourth-order valence-corrected chi connectivity index (χ4v) is 1.81. The van der Waals surface area contributed by atoms with Gasteiger partial charge in [0.15, 0.2) is 0 Å². The van der Waals surface area contributed by atoms with E-state index in [1.54, 1.807) is 0 Å². The van der Waals surface area contributed by atoms with E-state index in [9.17, 15) is 9.18 Å². The Hall–Kier alpha value is -2.89. The third-order valence-corrected chi connectivity index (χ3v) is 2.72. The van der Waals surface area contributed by atoms with Crippen LogP contribution in [0.2, 0.25) is 0 Å². The van der Waals surface area contributed by atoms with E-state index in [2.05, 4.69) is 15.4 Å². The van der Waals surface area contributed by atoms with Gasteiger partial charge in [0.05, 0.1) is 5.69 Å². The van der Waals surface area contributed by atoms with E-state index in [1.807, 2.05) is 30.3 Å². The molecule has 6 heteroatoms. The maximum Gasteiger partial charge on any atom is 0.205 e. The lowest BCUT2D eigenvalue weighted by Crippen LogP contribution is -2.01. The molecule has 0 saturated heterocycles. The molecule has 98 valence electrons. The largest absolute Gasteiger partial charge is 0.298 e. The highest BCUT2D eigenvalue weighted by atomic mass is 19.1. The number of nitrogens with zero attached hydrogens (tertiary/aromatic N) is 4. The SMILES string of the molecule is O=Cc1cc(F)cc(-n2nnc(-c3ccccc3)n2)c1. The average Bonchev–Trinajstić information content (AvgIpc) is 2.97. The maximum atomic E-state index is 13.4. The molecule has 3 rings (SSSR count). The molecule has 0 fully saturated rings. The zero-order valence-electron chi connectivity index (χ0n) is 10.3. The number of halogens is 1. The van der Waals surface area contributed by atoms with Crippen molar-refractivity contribution in [3.63, 3.8) is 0 Å². The summed E-state index contributed by atoms with van der Waals surface area (Å²) in [5.41, 5.74) is 1.38. The van der Waals surface area contributed by atoms with E-state index in [1.165, 1.54) is 16.9 Å². The van der Waals surface area contributed by atoms with Gasteiger partial charge in [-0.25, -0.2) is 4.39 Å². The first-order chi connectivity index (χ1) is 9.76. The lowest BCUT2D eigenvalue weighted by Gasteiger charge is -1.99. The summed E-state index contributed by atoms with van der Waals surface area (Å²) in [6.45, 7) is 0. The molecule has 5 nitrogen and oxygen atoms in total. The molecule has 0 spiro atoms. The number of carbonyl (C=O) groups is 1. The molecule has 0 aliphatic rings. The summed E-state index contributed by atoms with van der Waals surface area (Å²) in [6.07, 6.45) is 0.571. The zero-order chi connectivity index (χ0) is 13.9. The van der Waals surface area contributed by atoms with Gasteiger partial charge in [-0.05, 0) is 17.3 Å². The van der Waals surface area contributed by atoms with Crippen molar-refractivity contribution in [2.24, 2.45) is 0 Å². The van der Waals surface area contributed by atoms with Gasteiger partial charge in [-0.2, -0.15) is 0 Å². The van der Waals surface area contributed by atoms with Gasteiger partial charge in [-0.1, -0.05) is 30.3 Å². The van der Waals surface area contributed by atoms with Crippen LogP contribution in [0.3, 0.4) is 0 Å². The summed E-state index contributed by atoms with van der Waals surface area (Å²) in [5.74, 6) is -0.0920. The molecule has 0 aliphatic carbocycles. The molecule has 0 unspecified atom stereocenters. The third-order valence-electron chi connectivity index (χ3n) is 2.72. The molecule has 0 N–H and O–H groups in total. The van der Waals surface area contributed by atoms with Crippen LogP contribution in [0.1, 0.15) is 10.4 Å².